The highest BCUT2D eigenvalue weighted by atomic mass is 16.5. The zero-order valence-corrected chi connectivity index (χ0v) is 12.2. The number of anilines is 1. The van der Waals surface area contributed by atoms with Crippen molar-refractivity contribution in [3.05, 3.63) is 36.8 Å². The van der Waals surface area contributed by atoms with Crippen LogP contribution in [0.25, 0.3) is 22.5 Å². The minimum absolute atomic E-state index is 0.583. The molecule has 0 saturated carbocycles. The summed E-state index contributed by atoms with van der Waals surface area (Å²) in [7, 11) is 5.39. The Hall–Kier alpha value is -2.76. The normalized spacial score (nSPS) is 10.8. The summed E-state index contributed by atoms with van der Waals surface area (Å²) in [5.41, 5.74) is 9.50. The number of imidazole rings is 1. The standard InChI is InChI=1S/C15H17N5O/c1-19-8-11(17-9-19)14-13(15(16)20(2)18-14)10-6-4-5-7-12(10)21-3/h4-9H,16H2,1-3H3. The van der Waals surface area contributed by atoms with Gasteiger partial charge in [-0.1, -0.05) is 18.2 Å². The lowest BCUT2D eigenvalue weighted by Crippen LogP contribution is -1.98. The van der Waals surface area contributed by atoms with Gasteiger partial charge in [-0.3, -0.25) is 4.68 Å². The van der Waals surface area contributed by atoms with Crippen molar-refractivity contribution in [2.45, 2.75) is 0 Å². The van der Waals surface area contributed by atoms with E-state index in [0.29, 0.717) is 5.82 Å². The van der Waals surface area contributed by atoms with E-state index in [1.165, 1.54) is 0 Å². The van der Waals surface area contributed by atoms with Gasteiger partial charge in [0.25, 0.3) is 0 Å². The Bertz CT molecular complexity index is 787. The second-order valence-corrected chi connectivity index (χ2v) is 4.86. The number of methoxy groups -OCH3 is 1. The van der Waals surface area contributed by atoms with Gasteiger partial charge in [0.1, 0.15) is 23.0 Å². The number of para-hydroxylation sites is 1. The maximum absolute atomic E-state index is 6.21. The second kappa shape index (κ2) is 4.97. The van der Waals surface area contributed by atoms with Gasteiger partial charge < -0.3 is 15.0 Å². The van der Waals surface area contributed by atoms with Crippen molar-refractivity contribution in [1.82, 2.24) is 19.3 Å². The molecule has 0 unspecified atom stereocenters. The minimum Gasteiger partial charge on any atom is -0.496 e. The first-order valence-electron chi connectivity index (χ1n) is 6.56. The van der Waals surface area contributed by atoms with Gasteiger partial charge in [-0.2, -0.15) is 5.10 Å². The smallest absolute Gasteiger partial charge is 0.130 e. The molecule has 0 aliphatic rings. The van der Waals surface area contributed by atoms with E-state index in [1.54, 1.807) is 18.1 Å². The van der Waals surface area contributed by atoms with Crippen molar-refractivity contribution in [2.75, 3.05) is 12.8 Å². The van der Waals surface area contributed by atoms with Crippen LogP contribution in [0.2, 0.25) is 0 Å². The Labute approximate surface area is 122 Å². The number of rotatable bonds is 3. The molecule has 3 rings (SSSR count). The molecular weight excluding hydrogens is 266 g/mol. The number of nitrogens with zero attached hydrogens (tertiary/aromatic N) is 4. The summed E-state index contributed by atoms with van der Waals surface area (Å²) >= 11 is 0. The van der Waals surface area contributed by atoms with Crippen LogP contribution in [0.15, 0.2) is 36.8 Å². The molecule has 0 spiro atoms. The van der Waals surface area contributed by atoms with Crippen LogP contribution in [0, 0.1) is 0 Å². The zero-order chi connectivity index (χ0) is 15.0. The summed E-state index contributed by atoms with van der Waals surface area (Å²) in [4.78, 5) is 4.37. The zero-order valence-electron chi connectivity index (χ0n) is 12.2. The van der Waals surface area contributed by atoms with Crippen LogP contribution in [0.1, 0.15) is 0 Å². The van der Waals surface area contributed by atoms with E-state index in [9.17, 15) is 0 Å². The quantitative estimate of drug-likeness (QED) is 0.799. The van der Waals surface area contributed by atoms with E-state index >= 15 is 0 Å². The Morgan fingerprint density at radius 1 is 1.19 bits per heavy atom. The highest BCUT2D eigenvalue weighted by molar-refractivity contribution is 5.89. The lowest BCUT2D eigenvalue weighted by Gasteiger charge is -2.08. The molecule has 0 atom stereocenters. The number of hydrogen-bond donors (Lipinski definition) is 1. The first kappa shape index (κ1) is 13.2. The number of aryl methyl sites for hydroxylation is 2. The molecule has 0 aliphatic carbocycles. The summed E-state index contributed by atoms with van der Waals surface area (Å²) in [5, 5.41) is 4.51. The SMILES string of the molecule is COc1ccccc1-c1c(-c2cn(C)cn2)nn(C)c1N. The molecule has 0 amide bonds. The molecule has 1 aromatic carbocycles. The molecule has 0 radical (unpaired) electrons. The van der Waals surface area contributed by atoms with E-state index in [-0.39, 0.29) is 0 Å². The average Bonchev–Trinajstić information content (AvgIpc) is 3.04. The molecule has 0 bridgehead atoms. The summed E-state index contributed by atoms with van der Waals surface area (Å²) < 4.78 is 8.98. The predicted octanol–water partition coefficient (Wildman–Crippen LogP) is 2.08. The minimum atomic E-state index is 0.583. The third kappa shape index (κ3) is 2.14. The van der Waals surface area contributed by atoms with Crippen LogP contribution in [-0.4, -0.2) is 26.4 Å². The maximum atomic E-state index is 6.21. The lowest BCUT2D eigenvalue weighted by molar-refractivity contribution is 0.416. The third-order valence-electron chi connectivity index (χ3n) is 3.42. The van der Waals surface area contributed by atoms with Gasteiger partial charge in [-0.25, -0.2) is 4.98 Å². The summed E-state index contributed by atoms with van der Waals surface area (Å²) in [6, 6.07) is 7.75. The van der Waals surface area contributed by atoms with Crippen LogP contribution in [0.3, 0.4) is 0 Å². The Morgan fingerprint density at radius 3 is 2.62 bits per heavy atom. The molecule has 0 aliphatic heterocycles. The number of nitrogens with two attached hydrogens (primary N) is 1. The second-order valence-electron chi connectivity index (χ2n) is 4.86. The van der Waals surface area contributed by atoms with Gasteiger partial charge in [0, 0.05) is 25.9 Å². The fourth-order valence-electron chi connectivity index (χ4n) is 2.37. The van der Waals surface area contributed by atoms with Crippen molar-refractivity contribution < 1.29 is 4.74 Å². The molecule has 3 aromatic rings. The number of aromatic nitrogens is 4. The Morgan fingerprint density at radius 2 is 1.95 bits per heavy atom. The molecule has 2 aromatic heterocycles. The molecule has 108 valence electrons. The van der Waals surface area contributed by atoms with Gasteiger partial charge >= 0.3 is 0 Å². The van der Waals surface area contributed by atoms with E-state index < -0.39 is 0 Å². The monoisotopic (exact) mass is 283 g/mol. The van der Waals surface area contributed by atoms with Crippen LogP contribution < -0.4 is 10.5 Å². The van der Waals surface area contributed by atoms with Gasteiger partial charge in [-0.15, -0.1) is 0 Å². The molecule has 0 saturated heterocycles. The van der Waals surface area contributed by atoms with Crippen molar-refractivity contribution >= 4 is 5.82 Å². The highest BCUT2D eigenvalue weighted by Crippen LogP contribution is 2.39. The van der Waals surface area contributed by atoms with Crippen LogP contribution in [0.5, 0.6) is 5.75 Å². The maximum Gasteiger partial charge on any atom is 0.130 e. The molecule has 6 nitrogen and oxygen atoms in total. The number of ether oxygens (including phenoxy) is 1. The largest absolute Gasteiger partial charge is 0.496 e. The lowest BCUT2D eigenvalue weighted by atomic mass is 10.0. The van der Waals surface area contributed by atoms with Gasteiger partial charge in [0.2, 0.25) is 0 Å². The molecule has 0 fully saturated rings. The number of nitrogen functional groups attached to an aromatic ring is 1. The van der Waals surface area contributed by atoms with Crippen molar-refractivity contribution in [1.29, 1.82) is 0 Å². The summed E-state index contributed by atoms with van der Waals surface area (Å²) in [6.45, 7) is 0. The van der Waals surface area contributed by atoms with Crippen LogP contribution >= 0.6 is 0 Å². The Balaban J connectivity index is 2.27. The van der Waals surface area contributed by atoms with Gasteiger partial charge in [0.15, 0.2) is 0 Å². The van der Waals surface area contributed by atoms with Crippen LogP contribution in [-0.2, 0) is 14.1 Å². The first-order chi connectivity index (χ1) is 10.1. The van der Waals surface area contributed by atoms with E-state index in [0.717, 1.165) is 28.3 Å². The fraction of sp³-hybridized carbons (Fsp3) is 0.200. The number of benzene rings is 1. The van der Waals surface area contributed by atoms with Gasteiger partial charge in [-0.05, 0) is 6.07 Å². The van der Waals surface area contributed by atoms with E-state index in [4.69, 9.17) is 10.5 Å². The van der Waals surface area contributed by atoms with Crippen molar-refractivity contribution in [2.24, 2.45) is 14.1 Å². The van der Waals surface area contributed by atoms with Crippen molar-refractivity contribution in [3.63, 3.8) is 0 Å². The summed E-state index contributed by atoms with van der Waals surface area (Å²) in [6.07, 6.45) is 3.66. The number of hydrogen-bond acceptors (Lipinski definition) is 4. The average molecular weight is 283 g/mol. The van der Waals surface area contributed by atoms with E-state index in [1.807, 2.05) is 49.1 Å². The molecule has 2 heterocycles. The molecular formula is C15H17N5O. The van der Waals surface area contributed by atoms with E-state index in [2.05, 4.69) is 10.1 Å². The third-order valence-corrected chi connectivity index (χ3v) is 3.42. The molecule has 6 heteroatoms. The predicted molar refractivity (Wildman–Crippen MR) is 81.8 cm³/mol. The first-order valence-corrected chi connectivity index (χ1v) is 6.56. The van der Waals surface area contributed by atoms with Crippen molar-refractivity contribution in [3.8, 4) is 28.3 Å². The fourth-order valence-corrected chi connectivity index (χ4v) is 2.37. The molecule has 2 N–H and O–H groups in total. The highest BCUT2D eigenvalue weighted by Gasteiger charge is 2.21. The topological polar surface area (TPSA) is 70.9 Å². The summed E-state index contributed by atoms with van der Waals surface area (Å²) in [5.74, 6) is 1.34. The van der Waals surface area contributed by atoms with Crippen LogP contribution in [0.4, 0.5) is 5.82 Å². The van der Waals surface area contributed by atoms with Gasteiger partial charge in [0.05, 0.1) is 19.0 Å². The molecule has 21 heavy (non-hydrogen) atoms. The Kier molecular flexibility index (Phi) is 3.13.